The van der Waals surface area contributed by atoms with E-state index in [0.717, 1.165) is 26.9 Å². The molecule has 0 spiro atoms. The number of hydrogen-bond acceptors (Lipinski definition) is 4. The van der Waals surface area contributed by atoms with Gasteiger partial charge < -0.3 is 10.1 Å². The number of methoxy groups -OCH3 is 1. The fraction of sp³-hybridized carbons (Fsp3) is 0.458. The van der Waals surface area contributed by atoms with Crippen LogP contribution in [0, 0.1) is 19.8 Å². The van der Waals surface area contributed by atoms with E-state index in [2.05, 4.69) is 21.2 Å². The van der Waals surface area contributed by atoms with Crippen molar-refractivity contribution >= 4 is 37.5 Å². The summed E-state index contributed by atoms with van der Waals surface area (Å²) in [5.74, 6) is 0.257. The van der Waals surface area contributed by atoms with Crippen molar-refractivity contribution in [3.63, 3.8) is 0 Å². The minimum atomic E-state index is -3.72. The largest absolute Gasteiger partial charge is 0.495 e. The molecule has 174 valence electrons. The van der Waals surface area contributed by atoms with E-state index >= 15 is 0 Å². The van der Waals surface area contributed by atoms with Gasteiger partial charge in [-0.1, -0.05) is 35.8 Å². The first-order chi connectivity index (χ1) is 15.0. The maximum absolute atomic E-state index is 13.4. The Morgan fingerprint density at radius 1 is 1.12 bits per heavy atom. The third-order valence-electron chi connectivity index (χ3n) is 6.04. The Labute approximate surface area is 199 Å². The van der Waals surface area contributed by atoms with E-state index in [1.165, 1.54) is 11.4 Å². The standard InChI is InChI=1S/C24H31BrN2O4S/c1-15(2)19-6-7-21(31-5)22(14-19)32(29,30)27-10-8-18(9-11-27)24(28)26-23-16(3)12-20(25)13-17(23)4/h6-7,12-15,18H,8-11H2,1-5H3,(H,26,28). The monoisotopic (exact) mass is 522 g/mol. The first-order valence-electron chi connectivity index (χ1n) is 10.8. The Kier molecular flexibility index (Phi) is 7.68. The van der Waals surface area contributed by atoms with Crippen molar-refractivity contribution in [2.24, 2.45) is 5.92 Å². The van der Waals surface area contributed by atoms with Crippen LogP contribution in [0.4, 0.5) is 5.69 Å². The van der Waals surface area contributed by atoms with Crippen molar-refractivity contribution in [1.82, 2.24) is 4.31 Å². The molecule has 6 nitrogen and oxygen atoms in total. The van der Waals surface area contributed by atoms with Crippen LogP contribution in [0.3, 0.4) is 0 Å². The first-order valence-corrected chi connectivity index (χ1v) is 13.0. The number of carbonyl (C=O) groups excluding carboxylic acids is 1. The highest BCUT2D eigenvalue weighted by atomic mass is 79.9. The summed E-state index contributed by atoms with van der Waals surface area (Å²) in [7, 11) is -2.24. The van der Waals surface area contributed by atoms with Crippen LogP contribution in [-0.4, -0.2) is 38.8 Å². The smallest absolute Gasteiger partial charge is 0.246 e. The van der Waals surface area contributed by atoms with Crippen LogP contribution >= 0.6 is 15.9 Å². The van der Waals surface area contributed by atoms with Gasteiger partial charge in [-0.05, 0) is 73.6 Å². The molecule has 0 aromatic heterocycles. The van der Waals surface area contributed by atoms with Crippen molar-refractivity contribution in [2.75, 3.05) is 25.5 Å². The molecule has 2 aromatic carbocycles. The number of rotatable bonds is 6. The van der Waals surface area contributed by atoms with Gasteiger partial charge >= 0.3 is 0 Å². The van der Waals surface area contributed by atoms with E-state index in [0.29, 0.717) is 31.7 Å². The third-order valence-corrected chi connectivity index (χ3v) is 8.42. The lowest BCUT2D eigenvalue weighted by molar-refractivity contribution is -0.120. The molecule has 1 aliphatic heterocycles. The fourth-order valence-electron chi connectivity index (χ4n) is 4.08. The number of halogens is 1. The number of benzene rings is 2. The summed E-state index contributed by atoms with van der Waals surface area (Å²) in [5.41, 5.74) is 3.74. The predicted molar refractivity (Wildman–Crippen MR) is 131 cm³/mol. The lowest BCUT2D eigenvalue weighted by Crippen LogP contribution is -2.41. The second-order valence-corrected chi connectivity index (χ2v) is 11.5. The van der Waals surface area contributed by atoms with Gasteiger partial charge in [0, 0.05) is 29.2 Å². The molecule has 0 aliphatic carbocycles. The number of ether oxygens (including phenoxy) is 1. The van der Waals surface area contributed by atoms with Gasteiger partial charge in [-0.3, -0.25) is 4.79 Å². The molecule has 0 radical (unpaired) electrons. The van der Waals surface area contributed by atoms with Crippen molar-refractivity contribution < 1.29 is 17.9 Å². The van der Waals surface area contributed by atoms with Crippen molar-refractivity contribution in [1.29, 1.82) is 0 Å². The number of sulfonamides is 1. The van der Waals surface area contributed by atoms with Crippen LogP contribution in [0.1, 0.15) is 49.3 Å². The van der Waals surface area contributed by atoms with Crippen molar-refractivity contribution in [3.05, 3.63) is 51.5 Å². The molecule has 0 saturated carbocycles. The van der Waals surface area contributed by atoms with Gasteiger partial charge in [0.05, 0.1) is 7.11 Å². The van der Waals surface area contributed by atoms with Crippen LogP contribution in [0.15, 0.2) is 39.7 Å². The maximum atomic E-state index is 13.4. The number of carbonyl (C=O) groups is 1. The SMILES string of the molecule is COc1ccc(C(C)C)cc1S(=O)(=O)N1CCC(C(=O)Nc2c(C)cc(Br)cc2C)CC1. The van der Waals surface area contributed by atoms with Crippen LogP contribution in [0.2, 0.25) is 0 Å². The molecule has 3 rings (SSSR count). The zero-order valence-electron chi connectivity index (χ0n) is 19.2. The Bertz CT molecular complexity index is 1080. The van der Waals surface area contributed by atoms with Crippen LogP contribution in [0.5, 0.6) is 5.75 Å². The first kappa shape index (κ1) is 24.7. The molecule has 2 aromatic rings. The lowest BCUT2D eigenvalue weighted by Gasteiger charge is -2.31. The van der Waals surface area contributed by atoms with Crippen LogP contribution < -0.4 is 10.1 Å². The van der Waals surface area contributed by atoms with Gasteiger partial charge in [0.1, 0.15) is 10.6 Å². The van der Waals surface area contributed by atoms with E-state index in [-0.39, 0.29) is 22.6 Å². The molecule has 1 heterocycles. The van der Waals surface area contributed by atoms with Gasteiger partial charge in [-0.25, -0.2) is 8.42 Å². The third kappa shape index (κ3) is 5.18. The predicted octanol–water partition coefficient (Wildman–Crippen LogP) is 5.24. The van der Waals surface area contributed by atoms with Gasteiger partial charge in [0.25, 0.3) is 0 Å². The molecule has 1 amide bonds. The highest BCUT2D eigenvalue weighted by Crippen LogP contribution is 2.33. The van der Waals surface area contributed by atoms with Crippen molar-refractivity contribution in [2.45, 2.75) is 51.3 Å². The van der Waals surface area contributed by atoms with Gasteiger partial charge in [0.2, 0.25) is 15.9 Å². The minimum Gasteiger partial charge on any atom is -0.495 e. The quantitative estimate of drug-likeness (QED) is 0.562. The number of hydrogen-bond donors (Lipinski definition) is 1. The zero-order chi connectivity index (χ0) is 23.6. The van der Waals surface area contributed by atoms with E-state index in [4.69, 9.17) is 4.74 Å². The number of nitrogens with one attached hydrogen (secondary N) is 1. The molecule has 1 saturated heterocycles. The molecular weight excluding hydrogens is 492 g/mol. The summed E-state index contributed by atoms with van der Waals surface area (Å²) in [6.45, 7) is 8.57. The number of aryl methyl sites for hydroxylation is 2. The molecule has 0 bridgehead atoms. The summed E-state index contributed by atoms with van der Waals surface area (Å²) < 4.78 is 34.5. The molecule has 0 unspecified atom stereocenters. The molecule has 1 fully saturated rings. The summed E-state index contributed by atoms with van der Waals surface area (Å²) in [6.07, 6.45) is 0.956. The fourth-order valence-corrected chi connectivity index (χ4v) is 6.43. The van der Waals surface area contributed by atoms with E-state index < -0.39 is 10.0 Å². The average Bonchev–Trinajstić information content (AvgIpc) is 2.75. The average molecular weight is 523 g/mol. The molecule has 0 atom stereocenters. The topological polar surface area (TPSA) is 75.7 Å². The molecule has 32 heavy (non-hydrogen) atoms. The summed E-state index contributed by atoms with van der Waals surface area (Å²) in [4.78, 5) is 13.1. The molecule has 1 aliphatic rings. The zero-order valence-corrected chi connectivity index (χ0v) is 21.6. The van der Waals surface area contributed by atoms with Crippen molar-refractivity contribution in [3.8, 4) is 5.75 Å². The summed E-state index contributed by atoms with van der Waals surface area (Å²) in [5, 5.41) is 3.05. The molecule has 1 N–H and O–H groups in total. The maximum Gasteiger partial charge on any atom is 0.246 e. The van der Waals surface area contributed by atoms with Crippen LogP contribution in [0.25, 0.3) is 0 Å². The number of anilines is 1. The number of amides is 1. The Morgan fingerprint density at radius 3 is 2.25 bits per heavy atom. The summed E-state index contributed by atoms with van der Waals surface area (Å²) >= 11 is 3.47. The normalized spacial score (nSPS) is 15.7. The van der Waals surface area contributed by atoms with Gasteiger partial charge in [-0.2, -0.15) is 4.31 Å². The van der Waals surface area contributed by atoms with Crippen LogP contribution in [-0.2, 0) is 14.8 Å². The minimum absolute atomic E-state index is 0.0602. The molecular formula is C24H31BrN2O4S. The van der Waals surface area contributed by atoms with E-state index in [1.54, 1.807) is 12.1 Å². The Morgan fingerprint density at radius 2 is 1.72 bits per heavy atom. The Balaban J connectivity index is 1.73. The highest BCUT2D eigenvalue weighted by molar-refractivity contribution is 9.10. The van der Waals surface area contributed by atoms with E-state index in [9.17, 15) is 13.2 Å². The molecule has 8 heteroatoms. The second-order valence-electron chi connectivity index (χ2n) is 8.65. The number of nitrogens with zero attached hydrogens (tertiary/aromatic N) is 1. The highest BCUT2D eigenvalue weighted by Gasteiger charge is 2.34. The van der Waals surface area contributed by atoms with E-state index in [1.807, 2.05) is 45.9 Å². The second kappa shape index (κ2) is 9.93. The Hall–Kier alpha value is -1.90. The lowest BCUT2D eigenvalue weighted by atomic mass is 9.96. The van der Waals surface area contributed by atoms with Gasteiger partial charge in [0.15, 0.2) is 0 Å². The van der Waals surface area contributed by atoms with Gasteiger partial charge in [-0.15, -0.1) is 0 Å². The number of piperidine rings is 1. The summed E-state index contributed by atoms with van der Waals surface area (Å²) in [6, 6.07) is 9.25.